The molecule has 0 saturated carbocycles. The summed E-state index contributed by atoms with van der Waals surface area (Å²) in [7, 11) is 0. The molecule has 2 rings (SSSR count). The van der Waals surface area contributed by atoms with Gasteiger partial charge in [-0.15, -0.1) is 24.8 Å². The van der Waals surface area contributed by atoms with Gasteiger partial charge in [0.25, 0.3) is 0 Å². The van der Waals surface area contributed by atoms with E-state index in [2.05, 4.69) is 10.3 Å². The highest BCUT2D eigenvalue weighted by atomic mass is 35.5. The zero-order chi connectivity index (χ0) is 19.5. The molecule has 3 N–H and O–H groups in total. The van der Waals surface area contributed by atoms with Crippen LogP contribution >= 0.6 is 36.4 Å². The average molecular weight is 466 g/mol. The molecule has 2 heterocycles. The van der Waals surface area contributed by atoms with Gasteiger partial charge < -0.3 is 16.0 Å². The molecule has 11 heteroatoms. The second kappa shape index (κ2) is 10.7. The maximum absolute atomic E-state index is 12.7. The minimum Gasteiger partial charge on any atom is -0.353 e. The van der Waals surface area contributed by atoms with Gasteiger partial charge >= 0.3 is 6.18 Å². The van der Waals surface area contributed by atoms with E-state index in [9.17, 15) is 18.0 Å². The lowest BCUT2D eigenvalue weighted by molar-refractivity contribution is -0.137. The van der Waals surface area contributed by atoms with Crippen LogP contribution in [0.4, 0.5) is 19.0 Å². The highest BCUT2D eigenvalue weighted by Gasteiger charge is 2.37. The fourth-order valence-corrected chi connectivity index (χ4v) is 3.47. The topological polar surface area (TPSA) is 71.2 Å². The number of nitrogens with one attached hydrogen (secondary N) is 1. The van der Waals surface area contributed by atoms with Crippen molar-refractivity contribution in [2.24, 2.45) is 11.1 Å². The van der Waals surface area contributed by atoms with Crippen molar-refractivity contribution in [3.8, 4) is 0 Å². The molecule has 0 radical (unpaired) electrons. The van der Waals surface area contributed by atoms with E-state index in [0.29, 0.717) is 38.2 Å². The van der Waals surface area contributed by atoms with Gasteiger partial charge in [-0.05, 0) is 25.3 Å². The summed E-state index contributed by atoms with van der Waals surface area (Å²) in [6.45, 7) is 5.13. The van der Waals surface area contributed by atoms with Crippen molar-refractivity contribution in [1.82, 2.24) is 10.3 Å². The zero-order valence-electron chi connectivity index (χ0n) is 15.7. The molecule has 0 spiro atoms. The number of nitrogens with two attached hydrogens (primary N) is 1. The van der Waals surface area contributed by atoms with Gasteiger partial charge in [-0.1, -0.05) is 25.4 Å². The molecule has 0 aromatic carbocycles. The number of halogens is 6. The Hall–Kier alpha value is -0.960. The van der Waals surface area contributed by atoms with Crippen LogP contribution in [0, 0.1) is 5.41 Å². The van der Waals surface area contributed by atoms with Gasteiger partial charge in [-0.2, -0.15) is 13.2 Å². The number of alkyl halides is 3. The lowest BCUT2D eigenvalue weighted by Crippen LogP contribution is -2.49. The Morgan fingerprint density at radius 3 is 2.43 bits per heavy atom. The lowest BCUT2D eigenvalue weighted by atomic mass is 9.81. The molecule has 1 unspecified atom stereocenters. The van der Waals surface area contributed by atoms with Crippen LogP contribution in [0.5, 0.6) is 0 Å². The van der Waals surface area contributed by atoms with Gasteiger partial charge in [-0.3, -0.25) is 4.79 Å². The summed E-state index contributed by atoms with van der Waals surface area (Å²) in [6.07, 6.45) is -1.74. The molecule has 1 aliphatic rings. The molecule has 1 aromatic heterocycles. The first-order valence-corrected chi connectivity index (χ1v) is 9.03. The van der Waals surface area contributed by atoms with E-state index in [0.717, 1.165) is 12.3 Å². The molecule has 162 valence electrons. The van der Waals surface area contributed by atoms with Crippen molar-refractivity contribution < 1.29 is 18.0 Å². The van der Waals surface area contributed by atoms with Crippen molar-refractivity contribution in [3.63, 3.8) is 0 Å². The van der Waals surface area contributed by atoms with Gasteiger partial charge in [0.05, 0.1) is 16.0 Å². The molecular weight excluding hydrogens is 440 g/mol. The van der Waals surface area contributed by atoms with Crippen LogP contribution in [0.15, 0.2) is 12.3 Å². The number of hydrogen-bond acceptors (Lipinski definition) is 4. The Balaban J connectivity index is 0.00000364. The summed E-state index contributed by atoms with van der Waals surface area (Å²) < 4.78 is 38.2. The van der Waals surface area contributed by atoms with Gasteiger partial charge in [0.15, 0.2) is 0 Å². The van der Waals surface area contributed by atoms with Crippen LogP contribution in [-0.2, 0) is 11.0 Å². The molecule has 5 nitrogen and oxygen atoms in total. The van der Waals surface area contributed by atoms with E-state index in [1.165, 1.54) is 0 Å². The fourth-order valence-electron chi connectivity index (χ4n) is 3.18. The third kappa shape index (κ3) is 5.78. The summed E-state index contributed by atoms with van der Waals surface area (Å²) in [6, 6.07) is 0.760. The number of carbonyl (C=O) groups excluding carboxylic acids is 1. The van der Waals surface area contributed by atoms with Gasteiger partial charge in [0.1, 0.15) is 5.82 Å². The van der Waals surface area contributed by atoms with Gasteiger partial charge in [0.2, 0.25) is 5.91 Å². The number of carbonyl (C=O) groups is 1. The smallest absolute Gasteiger partial charge is 0.353 e. The highest BCUT2D eigenvalue weighted by Crippen LogP contribution is 2.34. The molecule has 1 amide bonds. The number of aromatic nitrogens is 1. The molecule has 1 saturated heterocycles. The number of nitrogens with zero attached hydrogens (tertiary/aromatic N) is 2. The largest absolute Gasteiger partial charge is 0.417 e. The Bertz CT molecular complexity index is 649. The number of rotatable bonds is 6. The highest BCUT2D eigenvalue weighted by molar-refractivity contribution is 6.33. The first kappa shape index (κ1) is 27.0. The summed E-state index contributed by atoms with van der Waals surface area (Å²) in [5.74, 6) is 0.218. The summed E-state index contributed by atoms with van der Waals surface area (Å²) in [5, 5.41) is 2.97. The van der Waals surface area contributed by atoms with Crippen molar-refractivity contribution >= 4 is 48.1 Å². The molecule has 0 aliphatic carbocycles. The second-order valence-corrected chi connectivity index (χ2v) is 7.03. The molecule has 28 heavy (non-hydrogen) atoms. The maximum atomic E-state index is 12.7. The van der Waals surface area contributed by atoms with E-state index < -0.39 is 17.2 Å². The monoisotopic (exact) mass is 464 g/mol. The summed E-state index contributed by atoms with van der Waals surface area (Å²) in [4.78, 5) is 18.3. The predicted molar refractivity (Wildman–Crippen MR) is 110 cm³/mol. The van der Waals surface area contributed by atoms with Crippen LogP contribution in [0.2, 0.25) is 5.02 Å². The standard InChI is InChI=1S/C17H24ClF3N4O.2ClH/c1-3-16(4-2,10-22)15(26)24-12-5-6-25(9-12)14-13(18)7-11(8-23-14)17(19,20)21;;/h7-8,12H,3-6,9-10,22H2,1-2H3,(H,24,26);2*1H. The molecule has 1 aliphatic heterocycles. The van der Waals surface area contributed by atoms with Crippen LogP contribution in [0.3, 0.4) is 0 Å². The minimum atomic E-state index is -4.48. The van der Waals surface area contributed by atoms with E-state index in [4.69, 9.17) is 17.3 Å². The third-order valence-corrected chi connectivity index (χ3v) is 5.48. The quantitative estimate of drug-likeness (QED) is 0.665. The van der Waals surface area contributed by atoms with Crippen LogP contribution < -0.4 is 16.0 Å². The fraction of sp³-hybridized carbons (Fsp3) is 0.647. The molecule has 1 atom stereocenters. The van der Waals surface area contributed by atoms with E-state index >= 15 is 0 Å². The number of amides is 1. The van der Waals surface area contributed by atoms with Crippen LogP contribution in [0.1, 0.15) is 38.7 Å². The molecular formula is C17H26Cl3F3N4O. The Kier molecular flexibility index (Phi) is 10.3. The molecule has 0 bridgehead atoms. The van der Waals surface area contributed by atoms with Gasteiger partial charge in [-0.25, -0.2) is 4.98 Å². The Morgan fingerprint density at radius 1 is 1.36 bits per heavy atom. The van der Waals surface area contributed by atoms with E-state index in [1.807, 2.05) is 13.8 Å². The lowest BCUT2D eigenvalue weighted by Gasteiger charge is -2.30. The summed E-state index contributed by atoms with van der Waals surface area (Å²) in [5.41, 5.74) is 4.33. The van der Waals surface area contributed by atoms with Gasteiger partial charge in [0, 0.05) is 31.9 Å². The van der Waals surface area contributed by atoms with Crippen molar-refractivity contribution in [2.45, 2.75) is 45.3 Å². The van der Waals surface area contributed by atoms with Crippen molar-refractivity contribution in [3.05, 3.63) is 22.8 Å². The molecule has 1 fully saturated rings. The third-order valence-electron chi connectivity index (χ3n) is 5.20. The Morgan fingerprint density at radius 2 is 1.96 bits per heavy atom. The number of anilines is 1. The van der Waals surface area contributed by atoms with E-state index in [-0.39, 0.29) is 48.3 Å². The van der Waals surface area contributed by atoms with E-state index in [1.54, 1.807) is 4.90 Å². The SMILES string of the molecule is CCC(CC)(CN)C(=O)NC1CCN(c2ncc(C(F)(F)F)cc2Cl)C1.Cl.Cl. The first-order valence-electron chi connectivity index (χ1n) is 8.65. The van der Waals surface area contributed by atoms with Crippen LogP contribution in [-0.4, -0.2) is 36.6 Å². The average Bonchev–Trinajstić information content (AvgIpc) is 3.04. The second-order valence-electron chi connectivity index (χ2n) is 6.62. The normalized spacial score (nSPS) is 17.0. The molecule has 1 aromatic rings. The summed E-state index contributed by atoms with van der Waals surface area (Å²) >= 11 is 6.00. The van der Waals surface area contributed by atoms with Crippen molar-refractivity contribution in [1.29, 1.82) is 0 Å². The predicted octanol–water partition coefficient (Wildman–Crippen LogP) is 4.06. The Labute approximate surface area is 180 Å². The minimum absolute atomic E-state index is 0. The van der Waals surface area contributed by atoms with Crippen LogP contribution in [0.25, 0.3) is 0 Å². The zero-order valence-corrected chi connectivity index (χ0v) is 18.1. The number of pyridine rings is 1. The number of hydrogen-bond donors (Lipinski definition) is 2. The van der Waals surface area contributed by atoms with Crippen molar-refractivity contribution in [2.75, 3.05) is 24.5 Å². The first-order chi connectivity index (χ1) is 12.2. The maximum Gasteiger partial charge on any atom is 0.417 e.